The van der Waals surface area contributed by atoms with Gasteiger partial charge in [0.05, 0.1) is 0 Å². The summed E-state index contributed by atoms with van der Waals surface area (Å²) in [4.78, 5) is 0. The van der Waals surface area contributed by atoms with Crippen LogP contribution in [0.25, 0.3) is 11.1 Å². The summed E-state index contributed by atoms with van der Waals surface area (Å²) in [7, 11) is 0. The van der Waals surface area contributed by atoms with Crippen LogP contribution in [0.1, 0.15) is 89.6 Å². The van der Waals surface area contributed by atoms with Crippen molar-refractivity contribution in [1.82, 2.24) is 0 Å². The Kier molecular flexibility index (Phi) is 15.6. The van der Waals surface area contributed by atoms with Crippen LogP contribution in [0.15, 0.2) is 90.6 Å². The molecule has 0 saturated heterocycles. The molecule has 1 fully saturated rings. The first-order valence-corrected chi connectivity index (χ1v) is 14.3. The zero-order chi connectivity index (χ0) is 29.6. The van der Waals surface area contributed by atoms with Gasteiger partial charge in [0.1, 0.15) is 0 Å². The highest BCUT2D eigenvalue weighted by molar-refractivity contribution is 5.67. The lowest BCUT2D eigenvalue weighted by atomic mass is 9.88. The lowest BCUT2D eigenvalue weighted by molar-refractivity contribution is 0.631. The number of hydrogen-bond acceptors (Lipinski definition) is 0. The van der Waals surface area contributed by atoms with Crippen molar-refractivity contribution in [3.8, 4) is 11.1 Å². The summed E-state index contributed by atoms with van der Waals surface area (Å²) in [5.41, 5.74) is 13.5. The van der Waals surface area contributed by atoms with Crippen LogP contribution in [0.3, 0.4) is 0 Å². The Morgan fingerprint density at radius 3 is 1.55 bits per heavy atom. The molecule has 1 aliphatic carbocycles. The molecule has 38 heavy (non-hydrogen) atoms. The Bertz CT molecular complexity index is 1100. The largest absolute Gasteiger partial charge is 0.0987 e. The van der Waals surface area contributed by atoms with Gasteiger partial charge in [-0.3, -0.25) is 0 Å². The van der Waals surface area contributed by atoms with Gasteiger partial charge in [-0.1, -0.05) is 118 Å². The van der Waals surface area contributed by atoms with Gasteiger partial charge in [0.2, 0.25) is 0 Å². The maximum Gasteiger partial charge on any atom is -0.00407 e. The Labute approximate surface area is 237 Å². The molecule has 208 valence electrons. The van der Waals surface area contributed by atoms with E-state index in [1.165, 1.54) is 56.5 Å². The van der Waals surface area contributed by atoms with Crippen LogP contribution in [0.4, 0.5) is 0 Å². The van der Waals surface area contributed by atoms with E-state index < -0.39 is 0 Å². The number of allylic oxidation sites excluding steroid dienone is 8. The smallest absolute Gasteiger partial charge is 0.00407 e. The van der Waals surface area contributed by atoms with Crippen LogP contribution < -0.4 is 0 Å². The van der Waals surface area contributed by atoms with Gasteiger partial charge in [-0.2, -0.15) is 0 Å². The summed E-state index contributed by atoms with van der Waals surface area (Å²) in [5, 5.41) is 0. The van der Waals surface area contributed by atoms with Crippen LogP contribution in [0.2, 0.25) is 0 Å². The second kappa shape index (κ2) is 16.9. The van der Waals surface area contributed by atoms with Crippen LogP contribution in [-0.2, 0) is 0 Å². The van der Waals surface area contributed by atoms with Gasteiger partial charge in [-0.05, 0) is 119 Å². The first kappa shape index (κ1) is 35.1. The fourth-order valence-corrected chi connectivity index (χ4v) is 4.58. The minimum atomic E-state index is 0.329. The average Bonchev–Trinajstić information content (AvgIpc) is 3.49. The highest BCUT2D eigenvalue weighted by Gasteiger charge is 2.49. The van der Waals surface area contributed by atoms with E-state index in [4.69, 9.17) is 0 Å². The fraction of sp³-hybridized carbons (Fsp3) is 0.421. The molecule has 2 aromatic rings. The molecule has 2 unspecified atom stereocenters. The SMILES string of the molecule is C/C=C\C.C=C/C(=C(\C=C/C)C(=C)C)C1(C)CC1C.CC.Cc1cc(C)cc(-c2cc(C)c(C)c(C)c2)c1. The van der Waals surface area contributed by atoms with E-state index >= 15 is 0 Å². The van der Waals surface area contributed by atoms with Crippen LogP contribution in [0.5, 0.6) is 0 Å². The molecule has 2 aromatic carbocycles. The fourth-order valence-electron chi connectivity index (χ4n) is 4.58. The van der Waals surface area contributed by atoms with E-state index in [0.717, 1.165) is 11.5 Å². The molecule has 0 heteroatoms. The van der Waals surface area contributed by atoms with Crippen molar-refractivity contribution in [2.75, 3.05) is 0 Å². The summed E-state index contributed by atoms with van der Waals surface area (Å²) in [5.74, 6) is 0.769. The first-order valence-electron chi connectivity index (χ1n) is 14.3. The second-order valence-corrected chi connectivity index (χ2v) is 10.6. The summed E-state index contributed by atoms with van der Waals surface area (Å²) in [6.45, 7) is 35.6. The molecule has 1 saturated carbocycles. The summed E-state index contributed by atoms with van der Waals surface area (Å²) in [6, 6.07) is 11.3. The van der Waals surface area contributed by atoms with Gasteiger partial charge in [0.15, 0.2) is 0 Å². The van der Waals surface area contributed by atoms with Crippen molar-refractivity contribution in [2.24, 2.45) is 11.3 Å². The third-order valence-corrected chi connectivity index (χ3v) is 7.38. The van der Waals surface area contributed by atoms with Crippen LogP contribution in [0, 0.1) is 46.0 Å². The van der Waals surface area contributed by atoms with Crippen molar-refractivity contribution in [3.63, 3.8) is 0 Å². The van der Waals surface area contributed by atoms with E-state index in [9.17, 15) is 0 Å². The highest BCUT2D eigenvalue weighted by Crippen LogP contribution is 2.58. The van der Waals surface area contributed by atoms with Crippen molar-refractivity contribution < 1.29 is 0 Å². The van der Waals surface area contributed by atoms with Crippen LogP contribution >= 0.6 is 0 Å². The van der Waals surface area contributed by atoms with Crippen molar-refractivity contribution >= 4 is 0 Å². The van der Waals surface area contributed by atoms with Crippen LogP contribution in [-0.4, -0.2) is 0 Å². The molecule has 0 bridgehead atoms. The monoisotopic (exact) mass is 512 g/mol. The zero-order valence-corrected chi connectivity index (χ0v) is 27.0. The number of benzene rings is 2. The summed E-state index contributed by atoms with van der Waals surface area (Å²) < 4.78 is 0. The van der Waals surface area contributed by atoms with Gasteiger partial charge in [0.25, 0.3) is 0 Å². The highest BCUT2D eigenvalue weighted by atomic mass is 14.5. The minimum absolute atomic E-state index is 0.329. The Morgan fingerprint density at radius 1 is 0.816 bits per heavy atom. The molecule has 2 atom stereocenters. The molecule has 0 N–H and O–H groups in total. The normalized spacial score (nSPS) is 18.3. The molecule has 0 spiro atoms. The Balaban J connectivity index is 0.000000601. The molecule has 0 aromatic heterocycles. The Morgan fingerprint density at radius 2 is 1.24 bits per heavy atom. The molecule has 0 radical (unpaired) electrons. The van der Waals surface area contributed by atoms with E-state index in [-0.39, 0.29) is 0 Å². The van der Waals surface area contributed by atoms with Gasteiger partial charge in [-0.15, -0.1) is 0 Å². The van der Waals surface area contributed by atoms with E-state index in [1.54, 1.807) is 0 Å². The topological polar surface area (TPSA) is 0 Å². The summed E-state index contributed by atoms with van der Waals surface area (Å²) in [6.07, 6.45) is 11.5. The van der Waals surface area contributed by atoms with Crippen molar-refractivity contribution in [2.45, 2.75) is 96.4 Å². The van der Waals surface area contributed by atoms with E-state index in [0.29, 0.717) is 5.41 Å². The minimum Gasteiger partial charge on any atom is -0.0987 e. The molecule has 3 rings (SSSR count). The molecular weight excluding hydrogens is 456 g/mol. The van der Waals surface area contributed by atoms with Gasteiger partial charge < -0.3 is 0 Å². The third-order valence-electron chi connectivity index (χ3n) is 7.38. The molecule has 1 aliphatic rings. The Hall–Kier alpha value is -2.86. The second-order valence-electron chi connectivity index (χ2n) is 10.6. The predicted octanol–water partition coefficient (Wildman–Crippen LogP) is 12.2. The molecule has 0 nitrogen and oxygen atoms in total. The lowest BCUT2D eigenvalue weighted by Crippen LogP contribution is -2.03. The molecule has 0 amide bonds. The average molecular weight is 513 g/mol. The standard InChI is InChI=1S/C17H20.C15H22.C4H8.C2H6/c1-11-6-12(2)8-16(7-11)17-9-13(3)15(5)14(4)10-17;1-7-9-13(11(3)4)14(8-2)15(6)10-12(15)5;1-3-4-2;1-2/h6-10H,1-5H3;7-9,12H,2-3,10H2,1,4-6H3;3-4H,1-2H3;1-2H3/b;9-7-,14-13-;4-3-;. The predicted molar refractivity (Wildman–Crippen MR) is 176 cm³/mol. The number of rotatable bonds is 5. The number of aryl methyl sites for hydroxylation is 4. The molecule has 0 heterocycles. The lowest BCUT2D eigenvalue weighted by Gasteiger charge is -2.16. The van der Waals surface area contributed by atoms with Gasteiger partial charge in [-0.25, -0.2) is 0 Å². The number of hydrogen-bond donors (Lipinski definition) is 0. The molecular formula is C38H56. The summed E-state index contributed by atoms with van der Waals surface area (Å²) >= 11 is 0. The maximum absolute atomic E-state index is 4.05. The van der Waals surface area contributed by atoms with Gasteiger partial charge in [0, 0.05) is 0 Å². The first-order chi connectivity index (χ1) is 17.9. The quantitative estimate of drug-likeness (QED) is 0.276. The van der Waals surface area contributed by atoms with Gasteiger partial charge >= 0.3 is 0 Å². The van der Waals surface area contributed by atoms with Crippen molar-refractivity contribution in [1.29, 1.82) is 0 Å². The van der Waals surface area contributed by atoms with E-state index in [2.05, 4.69) is 111 Å². The van der Waals surface area contributed by atoms with E-state index in [1.807, 2.05) is 52.8 Å². The third kappa shape index (κ3) is 10.1. The van der Waals surface area contributed by atoms with Crippen molar-refractivity contribution in [3.05, 3.63) is 118 Å². The zero-order valence-electron chi connectivity index (χ0n) is 27.0. The maximum atomic E-state index is 4.05. The molecule has 0 aliphatic heterocycles.